The summed E-state index contributed by atoms with van der Waals surface area (Å²) < 4.78 is 5.06. The smallest absolute Gasteiger partial charge is 0.348 e. The molecular formula is C12H24O3S. The van der Waals surface area contributed by atoms with Gasteiger partial charge in [-0.05, 0) is 19.1 Å². The first-order chi connectivity index (χ1) is 7.60. The Bertz CT molecular complexity index is 191. The van der Waals surface area contributed by atoms with E-state index in [0.29, 0.717) is 13.0 Å². The number of unbranched alkanes of at least 4 members (excludes halogenated alkanes) is 4. The van der Waals surface area contributed by atoms with Crippen molar-refractivity contribution in [3.05, 3.63) is 0 Å². The van der Waals surface area contributed by atoms with Crippen molar-refractivity contribution in [2.45, 2.75) is 57.3 Å². The van der Waals surface area contributed by atoms with Crippen LogP contribution in [-0.2, 0) is 9.53 Å². The van der Waals surface area contributed by atoms with Crippen LogP contribution in [0.15, 0.2) is 0 Å². The van der Waals surface area contributed by atoms with Crippen molar-refractivity contribution in [1.29, 1.82) is 0 Å². The number of ether oxygens (including phenoxy) is 1. The average Bonchev–Trinajstić information content (AvgIpc) is 2.32. The molecule has 96 valence electrons. The minimum Gasteiger partial charge on any atom is -0.463 e. The molecule has 0 saturated carbocycles. The van der Waals surface area contributed by atoms with Crippen molar-refractivity contribution in [3.8, 4) is 0 Å². The minimum atomic E-state index is -1.36. The monoisotopic (exact) mass is 248 g/mol. The van der Waals surface area contributed by atoms with Gasteiger partial charge in [0.25, 0.3) is 0 Å². The molecule has 0 aliphatic carbocycles. The second-order valence-corrected chi connectivity index (χ2v) is 4.98. The molecule has 0 rings (SSSR count). The summed E-state index contributed by atoms with van der Waals surface area (Å²) in [6, 6.07) is 0. The highest BCUT2D eigenvalue weighted by atomic mass is 32.2. The molecule has 0 saturated heterocycles. The number of thioether (sulfide) groups is 1. The third-order valence-corrected chi connectivity index (χ3v) is 3.75. The molecule has 3 nitrogen and oxygen atoms in total. The number of carbonyl (C=O) groups excluding carboxylic acids is 1. The molecule has 0 radical (unpaired) electrons. The third-order valence-electron chi connectivity index (χ3n) is 2.62. The van der Waals surface area contributed by atoms with Crippen LogP contribution in [0.2, 0.25) is 0 Å². The lowest BCUT2D eigenvalue weighted by Gasteiger charge is -2.21. The van der Waals surface area contributed by atoms with Crippen molar-refractivity contribution in [1.82, 2.24) is 0 Å². The number of aliphatic hydroxyl groups is 1. The fraction of sp³-hybridized carbons (Fsp3) is 0.917. The molecule has 1 atom stereocenters. The van der Waals surface area contributed by atoms with Crippen LogP contribution in [0, 0.1) is 0 Å². The lowest BCUT2D eigenvalue weighted by atomic mass is 10.2. The van der Waals surface area contributed by atoms with Crippen LogP contribution in [0.5, 0.6) is 0 Å². The molecule has 0 aliphatic rings. The summed E-state index contributed by atoms with van der Waals surface area (Å²) >= 11 is 1.13. The number of hydrogen-bond acceptors (Lipinski definition) is 4. The number of hydrogen-bond donors (Lipinski definition) is 1. The molecule has 0 amide bonds. The van der Waals surface area contributed by atoms with E-state index in [1.54, 1.807) is 13.2 Å². The van der Waals surface area contributed by atoms with Crippen LogP contribution in [0.4, 0.5) is 0 Å². The normalized spacial score (nSPS) is 14.5. The summed E-state index contributed by atoms with van der Waals surface area (Å²) in [6.07, 6.45) is 7.70. The fourth-order valence-electron chi connectivity index (χ4n) is 1.36. The van der Waals surface area contributed by atoms with Gasteiger partial charge in [-0.25, -0.2) is 4.79 Å². The zero-order valence-electron chi connectivity index (χ0n) is 10.6. The number of rotatable bonds is 9. The maximum atomic E-state index is 11.5. The summed E-state index contributed by atoms with van der Waals surface area (Å²) in [6.45, 7) is 4.37. The van der Waals surface area contributed by atoms with Crippen molar-refractivity contribution in [2.24, 2.45) is 0 Å². The first kappa shape index (κ1) is 15.8. The second-order valence-electron chi connectivity index (χ2n) is 3.89. The number of carbonyl (C=O) groups is 1. The van der Waals surface area contributed by atoms with E-state index in [1.165, 1.54) is 19.3 Å². The standard InChI is InChI=1S/C12H24O3S/c1-4-6-7-8-9-10-15-11(13)12(14,5-2)16-3/h14H,4-10H2,1-3H3. The minimum absolute atomic E-state index is 0.378. The van der Waals surface area contributed by atoms with Gasteiger partial charge in [-0.2, -0.15) is 0 Å². The Morgan fingerprint density at radius 1 is 1.25 bits per heavy atom. The van der Waals surface area contributed by atoms with E-state index >= 15 is 0 Å². The maximum absolute atomic E-state index is 11.5. The van der Waals surface area contributed by atoms with Gasteiger partial charge in [0.1, 0.15) is 0 Å². The van der Waals surface area contributed by atoms with E-state index in [1.807, 2.05) is 0 Å². The second kappa shape index (κ2) is 8.88. The first-order valence-electron chi connectivity index (χ1n) is 6.05. The van der Waals surface area contributed by atoms with E-state index in [2.05, 4.69) is 6.92 Å². The van der Waals surface area contributed by atoms with Gasteiger partial charge in [-0.1, -0.05) is 39.5 Å². The average molecular weight is 248 g/mol. The predicted molar refractivity (Wildman–Crippen MR) is 68.5 cm³/mol. The van der Waals surface area contributed by atoms with E-state index in [4.69, 9.17) is 4.74 Å². The van der Waals surface area contributed by atoms with Crippen molar-refractivity contribution in [3.63, 3.8) is 0 Å². The lowest BCUT2D eigenvalue weighted by molar-refractivity contribution is -0.156. The Balaban J connectivity index is 3.64. The topological polar surface area (TPSA) is 46.5 Å². The highest BCUT2D eigenvalue weighted by molar-refractivity contribution is 8.00. The summed E-state index contributed by atoms with van der Waals surface area (Å²) in [7, 11) is 0. The summed E-state index contributed by atoms with van der Waals surface area (Å²) in [5.74, 6) is -0.502. The summed E-state index contributed by atoms with van der Waals surface area (Å²) in [4.78, 5) is 10.2. The van der Waals surface area contributed by atoms with E-state index in [9.17, 15) is 9.90 Å². The van der Waals surface area contributed by atoms with E-state index in [0.717, 1.165) is 24.6 Å². The van der Waals surface area contributed by atoms with Crippen LogP contribution in [-0.4, -0.2) is 28.9 Å². The van der Waals surface area contributed by atoms with Gasteiger partial charge in [0.05, 0.1) is 6.61 Å². The lowest BCUT2D eigenvalue weighted by Crippen LogP contribution is -2.35. The van der Waals surface area contributed by atoms with Gasteiger partial charge in [0.2, 0.25) is 4.93 Å². The van der Waals surface area contributed by atoms with Crippen molar-refractivity contribution in [2.75, 3.05) is 12.9 Å². The molecule has 0 aromatic rings. The molecule has 1 unspecified atom stereocenters. The first-order valence-corrected chi connectivity index (χ1v) is 7.28. The molecular weight excluding hydrogens is 224 g/mol. The van der Waals surface area contributed by atoms with Crippen molar-refractivity contribution < 1.29 is 14.6 Å². The molecule has 0 spiro atoms. The van der Waals surface area contributed by atoms with Crippen LogP contribution in [0.1, 0.15) is 52.4 Å². The van der Waals surface area contributed by atoms with Gasteiger partial charge in [-0.15, -0.1) is 11.8 Å². The molecule has 0 aliphatic heterocycles. The van der Waals surface area contributed by atoms with Gasteiger partial charge in [-0.3, -0.25) is 0 Å². The number of esters is 1. The zero-order chi connectivity index (χ0) is 12.4. The van der Waals surface area contributed by atoms with Crippen LogP contribution < -0.4 is 0 Å². The molecule has 0 aromatic carbocycles. The van der Waals surface area contributed by atoms with Crippen LogP contribution >= 0.6 is 11.8 Å². The zero-order valence-corrected chi connectivity index (χ0v) is 11.4. The van der Waals surface area contributed by atoms with Gasteiger partial charge in [0.15, 0.2) is 0 Å². The Morgan fingerprint density at radius 2 is 1.88 bits per heavy atom. The molecule has 0 fully saturated rings. The van der Waals surface area contributed by atoms with Gasteiger partial charge >= 0.3 is 5.97 Å². The Kier molecular flexibility index (Phi) is 8.76. The molecule has 4 heteroatoms. The summed E-state index contributed by atoms with van der Waals surface area (Å²) in [5, 5.41) is 9.83. The fourth-order valence-corrected chi connectivity index (χ4v) is 1.87. The van der Waals surface area contributed by atoms with Gasteiger partial charge in [0, 0.05) is 0 Å². The highest BCUT2D eigenvalue weighted by Crippen LogP contribution is 2.24. The Morgan fingerprint density at radius 3 is 2.38 bits per heavy atom. The predicted octanol–water partition coefficient (Wildman–Crippen LogP) is 2.96. The van der Waals surface area contributed by atoms with E-state index < -0.39 is 10.9 Å². The molecule has 0 aromatic heterocycles. The highest BCUT2D eigenvalue weighted by Gasteiger charge is 2.34. The maximum Gasteiger partial charge on any atom is 0.348 e. The molecule has 0 bridgehead atoms. The third kappa shape index (κ3) is 5.75. The Labute approximate surface area is 103 Å². The van der Waals surface area contributed by atoms with Crippen molar-refractivity contribution >= 4 is 17.7 Å². The molecule has 16 heavy (non-hydrogen) atoms. The summed E-state index contributed by atoms with van der Waals surface area (Å²) in [5.41, 5.74) is 0. The molecule has 1 N–H and O–H groups in total. The SMILES string of the molecule is CCCCCCCOC(=O)C(O)(CC)SC. The van der Waals surface area contributed by atoms with Crippen LogP contribution in [0.3, 0.4) is 0 Å². The Hall–Kier alpha value is -0.220. The largest absolute Gasteiger partial charge is 0.463 e. The van der Waals surface area contributed by atoms with Crippen LogP contribution in [0.25, 0.3) is 0 Å². The van der Waals surface area contributed by atoms with Gasteiger partial charge < -0.3 is 9.84 Å². The quantitative estimate of drug-likeness (QED) is 0.387. The molecule has 0 heterocycles. The van der Waals surface area contributed by atoms with E-state index in [-0.39, 0.29) is 0 Å².